The first kappa shape index (κ1) is 46.8. The number of alkyl halides is 3. The van der Waals surface area contributed by atoms with Gasteiger partial charge >= 0.3 is 6.18 Å². The Morgan fingerprint density at radius 1 is 0.487 bits per heavy atom. The van der Waals surface area contributed by atoms with Crippen molar-refractivity contribution < 1.29 is 13.2 Å². The van der Waals surface area contributed by atoms with Gasteiger partial charge in [0.2, 0.25) is 0 Å². The van der Waals surface area contributed by atoms with Crippen molar-refractivity contribution in [3.05, 3.63) is 203 Å². The zero-order valence-corrected chi connectivity index (χ0v) is 43.2. The van der Waals surface area contributed by atoms with E-state index in [0.29, 0.717) is 57.1 Å². The highest BCUT2D eigenvalue weighted by molar-refractivity contribution is 7.26. The summed E-state index contributed by atoms with van der Waals surface area (Å²) < 4.78 is 43.4. The molecule has 8 aromatic carbocycles. The molecule has 376 valence electrons. The quantitative estimate of drug-likeness (QED) is 0.157. The van der Waals surface area contributed by atoms with Crippen LogP contribution in [0.3, 0.4) is 0 Å². The van der Waals surface area contributed by atoms with Crippen LogP contribution in [-0.2, 0) is 11.6 Å². The Morgan fingerprint density at radius 2 is 1.00 bits per heavy atom. The van der Waals surface area contributed by atoms with Crippen LogP contribution >= 0.6 is 22.9 Å². The highest BCUT2D eigenvalue weighted by Crippen LogP contribution is 2.69. The Balaban J connectivity index is 0.987. The van der Waals surface area contributed by atoms with Gasteiger partial charge in [-0.15, -0.1) is 11.3 Å². The zero-order valence-electron chi connectivity index (χ0n) is 41.6. The second kappa shape index (κ2) is 17.8. The standard InChI is InChI=1S/C66H43ClF3N7S/c67-47-24-19-42(20-25-47)62-73-60(40-15-13-36(35-71)14-16-40)76-64(77-62)52-28-27-50-57-51(63-74-59(39-7-2-1-3-8-39)72-61(75-63)41-17-22-44(23-18-41)66(68,69)70)10-6-12-55(57)78-58(50)56(52)43-21-26-49-48-9-4-5-11-53(48)65(54(49)34-43)45-30-37-29-38(32-45)33-46(65)31-37/h1-28,34,37-38,45-46H,29-33H2. The van der Waals surface area contributed by atoms with E-state index >= 15 is 0 Å². The van der Waals surface area contributed by atoms with Crippen LogP contribution in [0.15, 0.2) is 176 Å². The third-order valence-electron chi connectivity index (χ3n) is 17.1. The highest BCUT2D eigenvalue weighted by Gasteiger charge is 2.61. The molecule has 0 amide bonds. The molecule has 1 spiro atoms. The molecule has 4 fully saturated rings. The fourth-order valence-corrected chi connectivity index (χ4v) is 15.5. The number of aromatic nitrogens is 6. The smallest absolute Gasteiger partial charge is 0.208 e. The molecule has 0 unspecified atom stereocenters. The largest absolute Gasteiger partial charge is 0.416 e. The van der Waals surface area contributed by atoms with E-state index in [0.717, 1.165) is 83.1 Å². The number of nitriles is 1. The fourth-order valence-electron chi connectivity index (χ4n) is 14.1. The second-order valence-electron chi connectivity index (χ2n) is 21.4. The van der Waals surface area contributed by atoms with Crippen LogP contribution < -0.4 is 0 Å². The minimum Gasteiger partial charge on any atom is -0.208 e. The average Bonchev–Trinajstić information content (AvgIpc) is 2.93. The van der Waals surface area contributed by atoms with Gasteiger partial charge < -0.3 is 0 Å². The molecular weight excluding hydrogens is 1020 g/mol. The van der Waals surface area contributed by atoms with E-state index in [-0.39, 0.29) is 11.2 Å². The Hall–Kier alpha value is -8.43. The summed E-state index contributed by atoms with van der Waals surface area (Å²) in [6.07, 6.45) is 1.88. The summed E-state index contributed by atoms with van der Waals surface area (Å²) in [4.78, 5) is 30.7. The Morgan fingerprint density at radius 3 is 1.63 bits per heavy atom. The van der Waals surface area contributed by atoms with Crippen LogP contribution in [0.5, 0.6) is 0 Å². The van der Waals surface area contributed by atoms with Gasteiger partial charge in [-0.3, -0.25) is 0 Å². The van der Waals surface area contributed by atoms with Gasteiger partial charge in [-0.1, -0.05) is 109 Å². The molecule has 0 atom stereocenters. The van der Waals surface area contributed by atoms with Crippen LogP contribution in [0.1, 0.15) is 54.4 Å². The van der Waals surface area contributed by atoms with Crippen molar-refractivity contribution >= 4 is 43.1 Å². The summed E-state index contributed by atoms with van der Waals surface area (Å²) in [6.45, 7) is 0. The van der Waals surface area contributed by atoms with Gasteiger partial charge in [-0.25, -0.2) is 29.9 Å². The lowest BCUT2D eigenvalue weighted by Crippen LogP contribution is -2.55. The maximum Gasteiger partial charge on any atom is 0.416 e. The molecule has 16 rings (SSSR count). The lowest BCUT2D eigenvalue weighted by molar-refractivity contribution is -0.137. The SMILES string of the molecule is N#Cc1ccc(-c2nc(-c3ccc(Cl)cc3)nc(-c3ccc4c(sc5cccc(-c6nc(-c7ccccc7)nc(-c7ccc(C(F)(F)F)cc7)n6)c54)c3-c3ccc4c(c3)C3(c5ccccc5-4)C4CC5CC(C4)CC3C5)n2)cc1. The van der Waals surface area contributed by atoms with Crippen molar-refractivity contribution in [3.63, 3.8) is 0 Å². The Kier molecular flexibility index (Phi) is 10.7. The molecule has 0 saturated heterocycles. The third kappa shape index (κ3) is 7.44. The summed E-state index contributed by atoms with van der Waals surface area (Å²) in [5, 5.41) is 12.2. The van der Waals surface area contributed by atoms with Crippen LogP contribution in [-0.4, -0.2) is 29.9 Å². The zero-order chi connectivity index (χ0) is 52.4. The van der Waals surface area contributed by atoms with Gasteiger partial charge in [0.05, 0.1) is 17.2 Å². The molecule has 5 aliphatic rings. The molecular formula is C66H43ClF3N7S. The summed E-state index contributed by atoms with van der Waals surface area (Å²) in [5.41, 5.74) is 11.6. The first-order valence-electron chi connectivity index (χ1n) is 26.3. The van der Waals surface area contributed by atoms with Gasteiger partial charge in [0.25, 0.3) is 0 Å². The number of hydrogen-bond acceptors (Lipinski definition) is 8. The second-order valence-corrected chi connectivity index (χ2v) is 22.9. The van der Waals surface area contributed by atoms with E-state index in [1.165, 1.54) is 66.5 Å². The van der Waals surface area contributed by atoms with Crippen molar-refractivity contribution in [2.45, 2.75) is 43.7 Å². The molecule has 4 saturated carbocycles. The number of halogens is 4. The van der Waals surface area contributed by atoms with Gasteiger partial charge in [0, 0.05) is 69.6 Å². The van der Waals surface area contributed by atoms with Crippen molar-refractivity contribution in [2.75, 3.05) is 0 Å². The Bertz CT molecular complexity index is 4260. The monoisotopic (exact) mass is 1060 g/mol. The van der Waals surface area contributed by atoms with E-state index in [2.05, 4.69) is 66.7 Å². The molecule has 11 aromatic rings. The number of benzene rings is 8. The summed E-state index contributed by atoms with van der Waals surface area (Å²) in [6, 6.07) is 58.3. The lowest BCUT2D eigenvalue weighted by Gasteiger charge is -2.61. The van der Waals surface area contributed by atoms with E-state index in [1.54, 1.807) is 23.5 Å². The van der Waals surface area contributed by atoms with Crippen molar-refractivity contribution in [1.82, 2.24) is 29.9 Å². The van der Waals surface area contributed by atoms with Crippen LogP contribution in [0, 0.1) is 35.0 Å². The van der Waals surface area contributed by atoms with Crippen LogP contribution in [0.2, 0.25) is 5.02 Å². The molecule has 0 radical (unpaired) electrons. The molecule has 3 aromatic heterocycles. The Labute approximate surface area is 456 Å². The molecule has 78 heavy (non-hydrogen) atoms. The van der Waals surface area contributed by atoms with Crippen molar-refractivity contribution in [3.8, 4) is 96.7 Å². The molecule has 5 aliphatic carbocycles. The minimum atomic E-state index is -4.50. The maximum atomic E-state index is 13.8. The number of thiophene rings is 1. The average molecular weight is 1060 g/mol. The molecule has 4 bridgehead atoms. The predicted molar refractivity (Wildman–Crippen MR) is 302 cm³/mol. The van der Waals surface area contributed by atoms with Gasteiger partial charge in [-0.2, -0.15) is 18.4 Å². The van der Waals surface area contributed by atoms with Gasteiger partial charge in [0.15, 0.2) is 34.9 Å². The number of fused-ring (bicyclic) bond motifs is 6. The van der Waals surface area contributed by atoms with Gasteiger partial charge in [-0.05, 0) is 162 Å². The van der Waals surface area contributed by atoms with E-state index < -0.39 is 11.7 Å². The minimum absolute atomic E-state index is 0.0889. The van der Waals surface area contributed by atoms with Crippen LogP contribution in [0.4, 0.5) is 13.2 Å². The first-order chi connectivity index (χ1) is 38.1. The molecule has 0 N–H and O–H groups in total. The topological polar surface area (TPSA) is 101 Å². The first-order valence-corrected chi connectivity index (χ1v) is 27.5. The van der Waals surface area contributed by atoms with E-state index in [9.17, 15) is 18.4 Å². The predicted octanol–water partition coefficient (Wildman–Crippen LogP) is 17.4. The highest BCUT2D eigenvalue weighted by atomic mass is 35.5. The maximum absolute atomic E-state index is 13.8. The fraction of sp³-hybridized carbons (Fsp3) is 0.167. The lowest BCUT2D eigenvalue weighted by atomic mass is 9.43. The van der Waals surface area contributed by atoms with E-state index in [1.807, 2.05) is 78.9 Å². The third-order valence-corrected chi connectivity index (χ3v) is 18.6. The number of hydrogen-bond donors (Lipinski definition) is 0. The normalized spacial score (nSPS) is 19.8. The van der Waals surface area contributed by atoms with E-state index in [4.69, 9.17) is 41.5 Å². The number of nitrogens with zero attached hydrogens (tertiary/aromatic N) is 7. The molecule has 12 heteroatoms. The van der Waals surface area contributed by atoms with Crippen molar-refractivity contribution in [2.24, 2.45) is 23.7 Å². The number of rotatable bonds is 7. The van der Waals surface area contributed by atoms with Gasteiger partial charge in [0.1, 0.15) is 0 Å². The van der Waals surface area contributed by atoms with Crippen LogP contribution in [0.25, 0.3) is 111 Å². The molecule has 3 heterocycles. The molecule has 0 aliphatic heterocycles. The summed E-state index contributed by atoms with van der Waals surface area (Å²) in [5.74, 6) is 5.17. The molecule has 7 nitrogen and oxygen atoms in total. The summed E-state index contributed by atoms with van der Waals surface area (Å²) >= 11 is 8.13. The van der Waals surface area contributed by atoms with Crippen molar-refractivity contribution in [1.29, 1.82) is 5.26 Å². The summed E-state index contributed by atoms with van der Waals surface area (Å²) in [7, 11) is 0.